The molecule has 1 atom stereocenters. The molecule has 0 radical (unpaired) electrons. The number of ether oxygens (including phenoxy) is 1. The Morgan fingerprint density at radius 2 is 1.92 bits per heavy atom. The summed E-state index contributed by atoms with van der Waals surface area (Å²) < 4.78 is 6.19. The van der Waals surface area contributed by atoms with Crippen LogP contribution in [0.5, 0.6) is 11.5 Å². The van der Waals surface area contributed by atoms with Gasteiger partial charge in [0.2, 0.25) is 0 Å². The van der Waals surface area contributed by atoms with E-state index in [9.17, 15) is 5.11 Å². The Balaban J connectivity index is 1.77. The number of halogens is 1. The van der Waals surface area contributed by atoms with Gasteiger partial charge in [0.05, 0.1) is 19.7 Å². The summed E-state index contributed by atoms with van der Waals surface area (Å²) in [5.74, 6) is 1.11. The first-order valence-electron chi connectivity index (χ1n) is 8.54. The summed E-state index contributed by atoms with van der Waals surface area (Å²) >= 11 is 3.43. The maximum Gasteiger partial charge on any atom is 0.124 e. The minimum atomic E-state index is 0.245. The van der Waals surface area contributed by atoms with Crippen LogP contribution in [0.15, 0.2) is 51.9 Å². The summed E-state index contributed by atoms with van der Waals surface area (Å²) in [6, 6.07) is 13.9. The molecule has 4 nitrogen and oxygen atoms in total. The van der Waals surface area contributed by atoms with Crippen LogP contribution in [0.2, 0.25) is 0 Å². The Kier molecular flexibility index (Phi) is 6.10. The molecule has 0 saturated carbocycles. The molecule has 1 N–H and O–H groups in total. The van der Waals surface area contributed by atoms with Crippen LogP contribution in [-0.2, 0) is 0 Å². The van der Waals surface area contributed by atoms with Crippen molar-refractivity contribution < 1.29 is 9.84 Å². The summed E-state index contributed by atoms with van der Waals surface area (Å²) in [6.07, 6.45) is 4.23. The summed E-state index contributed by atoms with van der Waals surface area (Å²) in [5.41, 5.74) is 1.97. The average molecular weight is 403 g/mol. The minimum Gasteiger partial charge on any atom is -0.507 e. The maximum absolute atomic E-state index is 9.95. The second-order valence-electron chi connectivity index (χ2n) is 6.23. The second kappa shape index (κ2) is 8.50. The van der Waals surface area contributed by atoms with Crippen molar-refractivity contribution in [1.29, 1.82) is 0 Å². The molecule has 1 heterocycles. The zero-order valence-electron chi connectivity index (χ0n) is 14.4. The van der Waals surface area contributed by atoms with Crippen LogP contribution < -0.4 is 4.74 Å². The Labute approximate surface area is 157 Å². The number of rotatable bonds is 6. The monoisotopic (exact) mass is 402 g/mol. The lowest BCUT2D eigenvalue weighted by Gasteiger charge is -2.26. The smallest absolute Gasteiger partial charge is 0.124 e. The van der Waals surface area contributed by atoms with Crippen molar-refractivity contribution in [1.82, 2.24) is 4.90 Å². The summed E-state index contributed by atoms with van der Waals surface area (Å²) in [4.78, 5) is 7.11. The molecule has 0 aromatic heterocycles. The summed E-state index contributed by atoms with van der Waals surface area (Å²) in [7, 11) is 1.68. The highest BCUT2D eigenvalue weighted by atomic mass is 79.9. The van der Waals surface area contributed by atoms with E-state index in [2.05, 4.69) is 38.0 Å². The normalized spacial score (nSPS) is 16.4. The zero-order valence-corrected chi connectivity index (χ0v) is 15.9. The second-order valence-corrected chi connectivity index (χ2v) is 7.15. The molecule has 0 aliphatic carbocycles. The van der Waals surface area contributed by atoms with Gasteiger partial charge in [-0.3, -0.25) is 9.89 Å². The average Bonchev–Trinajstić information content (AvgIpc) is 3.16. The fourth-order valence-electron chi connectivity index (χ4n) is 3.19. The number of likely N-dealkylation sites (tertiary alicyclic amines) is 1. The highest BCUT2D eigenvalue weighted by molar-refractivity contribution is 9.10. The lowest BCUT2D eigenvalue weighted by molar-refractivity contribution is 0.252. The highest BCUT2D eigenvalue weighted by Crippen LogP contribution is 2.27. The molecule has 1 saturated heterocycles. The number of benzene rings is 2. The number of phenols is 1. The molecule has 3 rings (SSSR count). The molecule has 0 spiro atoms. The molecule has 25 heavy (non-hydrogen) atoms. The zero-order chi connectivity index (χ0) is 17.6. The first kappa shape index (κ1) is 18.0. The Bertz CT molecular complexity index is 725. The lowest BCUT2D eigenvalue weighted by Crippen LogP contribution is -2.27. The van der Waals surface area contributed by atoms with Crippen LogP contribution in [-0.4, -0.2) is 43.0 Å². The van der Waals surface area contributed by atoms with Gasteiger partial charge in [0, 0.05) is 16.3 Å². The van der Waals surface area contributed by atoms with E-state index in [-0.39, 0.29) is 11.8 Å². The molecule has 2 aromatic rings. The van der Waals surface area contributed by atoms with Gasteiger partial charge in [0.25, 0.3) is 0 Å². The Morgan fingerprint density at radius 1 is 1.20 bits per heavy atom. The van der Waals surface area contributed by atoms with Crippen molar-refractivity contribution in [2.75, 3.05) is 26.7 Å². The molecule has 0 bridgehead atoms. The molecular weight excluding hydrogens is 380 g/mol. The number of nitrogens with zero attached hydrogens (tertiary/aromatic N) is 2. The van der Waals surface area contributed by atoms with E-state index in [1.807, 2.05) is 24.3 Å². The fraction of sp³-hybridized carbons (Fsp3) is 0.350. The van der Waals surface area contributed by atoms with Gasteiger partial charge >= 0.3 is 0 Å². The molecule has 0 unspecified atom stereocenters. The van der Waals surface area contributed by atoms with Gasteiger partial charge in [-0.2, -0.15) is 0 Å². The van der Waals surface area contributed by atoms with Gasteiger partial charge in [-0.25, -0.2) is 0 Å². The largest absolute Gasteiger partial charge is 0.507 e. The van der Waals surface area contributed by atoms with E-state index in [0.29, 0.717) is 6.54 Å². The Hall–Kier alpha value is -1.85. The van der Waals surface area contributed by atoms with Crippen molar-refractivity contribution >= 4 is 22.1 Å². The van der Waals surface area contributed by atoms with Gasteiger partial charge in [0.15, 0.2) is 0 Å². The molecule has 0 amide bonds. The molecule has 1 fully saturated rings. The van der Waals surface area contributed by atoms with E-state index < -0.39 is 0 Å². The molecular formula is C20H23BrN2O2. The molecule has 5 heteroatoms. The van der Waals surface area contributed by atoms with E-state index in [1.54, 1.807) is 19.4 Å². The number of phenolic OH excluding ortho intramolecular Hbond substituents is 1. The standard InChI is InChI=1S/C20H23BrN2O2/c1-25-18-7-4-15(5-8-18)19(23-10-2-3-11-23)14-22-13-16-12-17(21)6-9-20(16)24/h4-9,12-13,19,24H,2-3,10-11,14H2,1H3/t19-/m1/s1. The quantitative estimate of drug-likeness (QED) is 0.727. The van der Waals surface area contributed by atoms with Crippen molar-refractivity contribution in [3.63, 3.8) is 0 Å². The topological polar surface area (TPSA) is 45.1 Å². The molecule has 2 aromatic carbocycles. The minimum absolute atomic E-state index is 0.245. The van der Waals surface area contributed by atoms with Crippen LogP contribution in [0.3, 0.4) is 0 Å². The predicted octanol–water partition coefficient (Wildman–Crippen LogP) is 4.42. The maximum atomic E-state index is 9.95. The van der Waals surface area contributed by atoms with Gasteiger partial charge in [-0.05, 0) is 61.8 Å². The van der Waals surface area contributed by atoms with Crippen molar-refractivity contribution in [2.45, 2.75) is 18.9 Å². The van der Waals surface area contributed by atoms with Gasteiger partial charge in [-0.15, -0.1) is 0 Å². The number of hydrogen-bond donors (Lipinski definition) is 1. The van der Waals surface area contributed by atoms with Crippen LogP contribution in [0.1, 0.15) is 30.0 Å². The van der Waals surface area contributed by atoms with Crippen LogP contribution >= 0.6 is 15.9 Å². The van der Waals surface area contributed by atoms with Crippen molar-refractivity contribution in [3.8, 4) is 11.5 Å². The van der Waals surface area contributed by atoms with E-state index in [4.69, 9.17) is 4.74 Å². The van der Waals surface area contributed by atoms with E-state index in [1.165, 1.54) is 18.4 Å². The Morgan fingerprint density at radius 3 is 2.60 bits per heavy atom. The first-order chi connectivity index (χ1) is 12.2. The fourth-order valence-corrected chi connectivity index (χ4v) is 3.57. The third kappa shape index (κ3) is 4.61. The van der Waals surface area contributed by atoms with Crippen LogP contribution in [0.25, 0.3) is 0 Å². The predicted molar refractivity (Wildman–Crippen MR) is 105 cm³/mol. The van der Waals surface area contributed by atoms with Crippen molar-refractivity contribution in [3.05, 3.63) is 58.1 Å². The summed E-state index contributed by atoms with van der Waals surface area (Å²) in [5, 5.41) is 9.95. The van der Waals surface area contributed by atoms with Crippen LogP contribution in [0, 0.1) is 0 Å². The first-order valence-corrected chi connectivity index (χ1v) is 9.33. The molecule has 1 aliphatic rings. The molecule has 1 aliphatic heterocycles. The number of aromatic hydroxyl groups is 1. The van der Waals surface area contributed by atoms with E-state index >= 15 is 0 Å². The third-order valence-electron chi connectivity index (χ3n) is 4.58. The van der Waals surface area contributed by atoms with Gasteiger partial charge in [-0.1, -0.05) is 28.1 Å². The third-order valence-corrected chi connectivity index (χ3v) is 5.07. The lowest BCUT2D eigenvalue weighted by atomic mass is 10.1. The number of hydrogen-bond acceptors (Lipinski definition) is 4. The molecule has 132 valence electrons. The van der Waals surface area contributed by atoms with Gasteiger partial charge < -0.3 is 9.84 Å². The van der Waals surface area contributed by atoms with Crippen LogP contribution in [0.4, 0.5) is 0 Å². The van der Waals surface area contributed by atoms with E-state index in [0.717, 1.165) is 28.9 Å². The van der Waals surface area contributed by atoms with Gasteiger partial charge in [0.1, 0.15) is 11.5 Å². The SMILES string of the molecule is COc1ccc([C@@H](CN=Cc2cc(Br)ccc2O)N2CCCC2)cc1. The summed E-state index contributed by atoms with van der Waals surface area (Å²) in [6.45, 7) is 2.88. The highest BCUT2D eigenvalue weighted by Gasteiger charge is 2.23. The van der Waals surface area contributed by atoms with Crippen molar-refractivity contribution in [2.24, 2.45) is 4.99 Å². The number of methoxy groups -OCH3 is 1. The number of aliphatic imine (C=N–C) groups is 1.